The van der Waals surface area contributed by atoms with Crippen LogP contribution in [-0.4, -0.2) is 35.2 Å². The van der Waals surface area contributed by atoms with Crippen molar-refractivity contribution in [3.63, 3.8) is 0 Å². The van der Waals surface area contributed by atoms with E-state index in [0.29, 0.717) is 23.7 Å². The number of carbonyl (C=O) groups excluding carboxylic acids is 2. The summed E-state index contributed by atoms with van der Waals surface area (Å²) < 4.78 is 12.3. The first-order valence-electron chi connectivity index (χ1n) is 16.2. The summed E-state index contributed by atoms with van der Waals surface area (Å²) in [5.41, 5.74) is 0.189. The zero-order valence-corrected chi connectivity index (χ0v) is 25.9. The van der Waals surface area contributed by atoms with Gasteiger partial charge in [0.05, 0.1) is 18.3 Å². The third-order valence-corrected chi connectivity index (χ3v) is 14.8. The highest BCUT2D eigenvalue weighted by Crippen LogP contribution is 2.78. The number of carbonyl (C=O) groups is 3. The first kappa shape index (κ1) is 28.5. The second-order valence-electron chi connectivity index (χ2n) is 16.9. The molecule has 1 aliphatic heterocycles. The van der Waals surface area contributed by atoms with Gasteiger partial charge in [0.1, 0.15) is 12.2 Å². The van der Waals surface area contributed by atoms with Crippen molar-refractivity contribution in [3.8, 4) is 0 Å². The van der Waals surface area contributed by atoms with Crippen LogP contribution in [0.2, 0.25) is 0 Å². The third-order valence-electron chi connectivity index (χ3n) is 14.8. The molecule has 40 heavy (non-hydrogen) atoms. The summed E-state index contributed by atoms with van der Waals surface area (Å²) in [5, 5.41) is 9.00. The van der Waals surface area contributed by atoms with E-state index >= 15 is 0 Å². The van der Waals surface area contributed by atoms with Gasteiger partial charge in [-0.3, -0.25) is 14.4 Å². The molecule has 1 N–H and O–H groups in total. The van der Waals surface area contributed by atoms with Crippen LogP contribution in [0.1, 0.15) is 126 Å². The van der Waals surface area contributed by atoms with Crippen LogP contribution in [-0.2, 0) is 23.9 Å². The van der Waals surface area contributed by atoms with Crippen LogP contribution in [0.5, 0.6) is 0 Å². The van der Waals surface area contributed by atoms with Crippen LogP contribution >= 0.6 is 0 Å². The average Bonchev–Trinajstić information content (AvgIpc) is 3.12. The standard InChI is InChI=1S/C34H52O6/c1-29(2)16-18-34-19-17-32(6)20(26(34)27(29)40-28(34)38)8-9-22-31(5)14-13-23(39-25(37)11-10-24(35)36)30(3,4)21(31)12-15-33(22,32)7/h20-23,26-27H,8-19H2,1-7H3,(H,35,36)/t20-,21-,22-,23-,26-,27-,31-,32+,33+,34+/m0/s1. The number of fused-ring (bicyclic) bond motifs is 5. The van der Waals surface area contributed by atoms with E-state index in [4.69, 9.17) is 14.6 Å². The molecule has 2 bridgehead atoms. The molecule has 0 amide bonds. The number of carboxylic acids is 1. The molecule has 0 aromatic heterocycles. The van der Waals surface area contributed by atoms with E-state index in [2.05, 4.69) is 48.5 Å². The molecule has 0 spiro atoms. The lowest BCUT2D eigenvalue weighted by Crippen LogP contribution is -2.68. The maximum absolute atomic E-state index is 13.4. The van der Waals surface area contributed by atoms with Gasteiger partial charge in [-0.05, 0) is 98.2 Å². The van der Waals surface area contributed by atoms with Gasteiger partial charge < -0.3 is 14.6 Å². The minimum absolute atomic E-state index is 0.0459. The number of carboxylic acid groups (broad SMARTS) is 1. The normalized spacial score (nSPS) is 49.9. The Morgan fingerprint density at radius 2 is 1.52 bits per heavy atom. The number of hydrogen-bond acceptors (Lipinski definition) is 5. The Bertz CT molecular complexity index is 1110. The van der Waals surface area contributed by atoms with Crippen LogP contribution in [0.4, 0.5) is 0 Å². The highest BCUT2D eigenvalue weighted by molar-refractivity contribution is 5.81. The molecule has 1 saturated heterocycles. The van der Waals surface area contributed by atoms with Crippen LogP contribution in [0, 0.1) is 56.2 Å². The van der Waals surface area contributed by atoms with Crippen molar-refractivity contribution in [2.45, 2.75) is 138 Å². The average molecular weight is 557 g/mol. The fourth-order valence-electron chi connectivity index (χ4n) is 12.4. The second kappa shape index (κ2) is 8.72. The molecule has 5 saturated carbocycles. The van der Waals surface area contributed by atoms with Crippen molar-refractivity contribution in [1.82, 2.24) is 0 Å². The molecule has 224 valence electrons. The fraction of sp³-hybridized carbons (Fsp3) is 0.912. The second-order valence-corrected chi connectivity index (χ2v) is 16.9. The lowest BCUT2D eigenvalue weighted by atomic mass is 9.31. The Balaban J connectivity index is 1.28. The lowest BCUT2D eigenvalue weighted by molar-refractivity contribution is -0.254. The van der Waals surface area contributed by atoms with Gasteiger partial charge in [-0.2, -0.15) is 0 Å². The molecule has 6 heteroatoms. The smallest absolute Gasteiger partial charge is 0.312 e. The summed E-state index contributed by atoms with van der Waals surface area (Å²) in [7, 11) is 0. The van der Waals surface area contributed by atoms with Crippen molar-refractivity contribution in [2.75, 3.05) is 0 Å². The number of ether oxygens (including phenoxy) is 2. The third kappa shape index (κ3) is 3.55. The summed E-state index contributed by atoms with van der Waals surface area (Å²) in [5.74, 6) is 0.697. The predicted octanol–water partition coefficient (Wildman–Crippen LogP) is 7.18. The van der Waals surface area contributed by atoms with Crippen LogP contribution in [0.15, 0.2) is 0 Å². The largest absolute Gasteiger partial charge is 0.481 e. The Morgan fingerprint density at radius 1 is 0.825 bits per heavy atom. The van der Waals surface area contributed by atoms with E-state index in [9.17, 15) is 14.4 Å². The van der Waals surface area contributed by atoms with Crippen molar-refractivity contribution < 1.29 is 29.0 Å². The molecular weight excluding hydrogens is 504 g/mol. The molecular formula is C34H52O6. The van der Waals surface area contributed by atoms with E-state index in [0.717, 1.165) is 44.9 Å². The molecule has 6 aliphatic rings. The SMILES string of the molecule is CC1(C)CC[C@@]23CC[C@]4(C)[C@@H](CC[C@H]5[C@@]6(C)CC[C@H](OC(=O)CCC(=O)O)C(C)(C)[C@@H]6CC[C@]54C)[C@H]2[C@@H]1OC3=O. The van der Waals surface area contributed by atoms with Gasteiger partial charge >= 0.3 is 17.9 Å². The summed E-state index contributed by atoms with van der Waals surface area (Å²) in [6.07, 6.45) is 10.4. The zero-order chi connectivity index (χ0) is 29.1. The lowest BCUT2D eigenvalue weighted by Gasteiger charge is -2.73. The van der Waals surface area contributed by atoms with E-state index in [1.54, 1.807) is 0 Å². The Hall–Kier alpha value is -1.59. The van der Waals surface area contributed by atoms with E-state index in [-0.39, 0.29) is 69.5 Å². The van der Waals surface area contributed by atoms with Crippen molar-refractivity contribution in [1.29, 1.82) is 0 Å². The fourth-order valence-corrected chi connectivity index (χ4v) is 12.4. The van der Waals surface area contributed by atoms with Gasteiger partial charge in [0.25, 0.3) is 0 Å². The number of rotatable bonds is 4. The van der Waals surface area contributed by atoms with Crippen LogP contribution in [0.25, 0.3) is 0 Å². The highest BCUT2D eigenvalue weighted by Gasteiger charge is 2.75. The predicted molar refractivity (Wildman–Crippen MR) is 151 cm³/mol. The number of hydrogen-bond donors (Lipinski definition) is 1. The van der Waals surface area contributed by atoms with Gasteiger partial charge in [0, 0.05) is 16.7 Å². The first-order chi connectivity index (χ1) is 18.5. The maximum Gasteiger partial charge on any atom is 0.312 e. The minimum Gasteiger partial charge on any atom is -0.481 e. The molecule has 0 unspecified atom stereocenters. The summed E-state index contributed by atoms with van der Waals surface area (Å²) >= 11 is 0. The van der Waals surface area contributed by atoms with Gasteiger partial charge in [-0.15, -0.1) is 0 Å². The van der Waals surface area contributed by atoms with Crippen LogP contribution in [0.3, 0.4) is 0 Å². The van der Waals surface area contributed by atoms with Crippen molar-refractivity contribution in [3.05, 3.63) is 0 Å². The molecule has 6 fully saturated rings. The molecule has 0 aromatic rings. The monoisotopic (exact) mass is 556 g/mol. The van der Waals surface area contributed by atoms with E-state index in [1.165, 1.54) is 19.3 Å². The molecule has 0 radical (unpaired) electrons. The maximum atomic E-state index is 13.4. The topological polar surface area (TPSA) is 89.9 Å². The Morgan fingerprint density at radius 3 is 2.23 bits per heavy atom. The van der Waals surface area contributed by atoms with Crippen molar-refractivity contribution in [2.24, 2.45) is 56.2 Å². The number of aliphatic carboxylic acids is 1. The van der Waals surface area contributed by atoms with E-state index < -0.39 is 5.97 Å². The van der Waals surface area contributed by atoms with Gasteiger partial charge in [0.2, 0.25) is 0 Å². The van der Waals surface area contributed by atoms with Crippen molar-refractivity contribution >= 4 is 17.9 Å². The highest BCUT2D eigenvalue weighted by atomic mass is 16.6. The summed E-state index contributed by atoms with van der Waals surface area (Å²) in [6, 6.07) is 0. The Kier molecular flexibility index (Phi) is 6.22. The van der Waals surface area contributed by atoms with Crippen LogP contribution < -0.4 is 0 Å². The summed E-state index contributed by atoms with van der Waals surface area (Å²) in [6.45, 7) is 16.9. The first-order valence-corrected chi connectivity index (χ1v) is 16.2. The minimum atomic E-state index is -0.961. The molecule has 0 aromatic carbocycles. The molecule has 1 heterocycles. The Labute approximate surface area is 240 Å². The zero-order valence-electron chi connectivity index (χ0n) is 25.9. The van der Waals surface area contributed by atoms with Gasteiger partial charge in [-0.1, -0.05) is 48.5 Å². The summed E-state index contributed by atoms with van der Waals surface area (Å²) in [4.78, 5) is 37.0. The van der Waals surface area contributed by atoms with Gasteiger partial charge in [-0.25, -0.2) is 0 Å². The molecule has 6 rings (SSSR count). The number of esters is 2. The molecule has 10 atom stereocenters. The van der Waals surface area contributed by atoms with Gasteiger partial charge in [0.15, 0.2) is 0 Å². The molecule has 6 nitrogen and oxygen atoms in total. The molecule has 5 aliphatic carbocycles. The van der Waals surface area contributed by atoms with E-state index in [1.807, 2.05) is 0 Å². The quantitative estimate of drug-likeness (QED) is 0.369.